The summed E-state index contributed by atoms with van der Waals surface area (Å²) >= 11 is 0. The molecule has 0 fully saturated rings. The number of allylic oxidation sites excluding steroid dienone is 20. The summed E-state index contributed by atoms with van der Waals surface area (Å²) in [6, 6.07) is 0. The van der Waals surface area contributed by atoms with E-state index in [1.165, 1.54) is 57.8 Å². The first-order valence-electron chi connectivity index (χ1n) is 37.8. The minimum atomic E-state index is -4.99. The van der Waals surface area contributed by atoms with Gasteiger partial charge in [-0.2, -0.15) is 0 Å². The summed E-state index contributed by atoms with van der Waals surface area (Å²) in [5.41, 5.74) is 0. The second-order valence-corrected chi connectivity index (χ2v) is 27.7. The molecule has 0 aliphatic carbocycles. The van der Waals surface area contributed by atoms with Gasteiger partial charge in [0.2, 0.25) is 0 Å². The van der Waals surface area contributed by atoms with E-state index >= 15 is 0 Å². The number of unbranched alkanes of at least 4 members (excludes halogenated alkanes) is 24. The van der Waals surface area contributed by atoms with Crippen LogP contribution in [0.2, 0.25) is 0 Å². The molecule has 5 unspecified atom stereocenters. The van der Waals surface area contributed by atoms with E-state index in [1.807, 2.05) is 12.2 Å². The topological polar surface area (TPSA) is 237 Å². The highest BCUT2D eigenvalue weighted by atomic mass is 31.2. The van der Waals surface area contributed by atoms with Crippen molar-refractivity contribution in [2.75, 3.05) is 39.6 Å². The Kier molecular flexibility index (Phi) is 67.6. The zero-order chi connectivity index (χ0) is 71.8. The molecule has 0 radical (unpaired) electrons. The van der Waals surface area contributed by atoms with Gasteiger partial charge < -0.3 is 33.8 Å². The third-order valence-corrected chi connectivity index (χ3v) is 17.3. The molecule has 0 bridgehead atoms. The molecule has 0 saturated heterocycles. The quantitative estimate of drug-likeness (QED) is 0.0169. The summed E-state index contributed by atoms with van der Waals surface area (Å²) < 4.78 is 68.3. The van der Waals surface area contributed by atoms with E-state index in [9.17, 15) is 43.2 Å². The smallest absolute Gasteiger partial charge is 0.462 e. The number of carbonyl (C=O) groups is 4. The van der Waals surface area contributed by atoms with Crippen LogP contribution in [-0.4, -0.2) is 96.7 Å². The monoisotopic (exact) mass is 1420 g/mol. The second-order valence-electron chi connectivity index (χ2n) is 24.8. The molecule has 3 N–H and O–H groups in total. The molecule has 0 aromatic rings. The number of phosphoric acid groups is 2. The van der Waals surface area contributed by atoms with Crippen molar-refractivity contribution in [3.63, 3.8) is 0 Å². The van der Waals surface area contributed by atoms with Crippen LogP contribution in [0.4, 0.5) is 0 Å². The van der Waals surface area contributed by atoms with Gasteiger partial charge in [-0.05, 0) is 128 Å². The number of carbonyl (C=O) groups excluding carboxylic acids is 4. The maximum atomic E-state index is 13.1. The summed E-state index contributed by atoms with van der Waals surface area (Å²) in [6.45, 7) is 4.51. The Labute approximate surface area is 593 Å². The van der Waals surface area contributed by atoms with Gasteiger partial charge in [0.15, 0.2) is 12.2 Å². The molecule has 0 aromatic heterocycles. The fraction of sp³-hybridized carbons (Fsp3) is 0.696. The summed E-state index contributed by atoms with van der Waals surface area (Å²) in [6.07, 6.45) is 76.3. The minimum absolute atomic E-state index is 0.0646. The van der Waals surface area contributed by atoms with Crippen LogP contribution in [0.3, 0.4) is 0 Å². The first-order chi connectivity index (χ1) is 47.7. The van der Waals surface area contributed by atoms with Gasteiger partial charge in [0, 0.05) is 25.7 Å². The van der Waals surface area contributed by atoms with Crippen molar-refractivity contribution in [1.82, 2.24) is 0 Å². The maximum Gasteiger partial charge on any atom is 0.472 e. The molecule has 0 aliphatic heterocycles. The van der Waals surface area contributed by atoms with Crippen LogP contribution in [0.1, 0.15) is 297 Å². The third-order valence-electron chi connectivity index (χ3n) is 15.4. The Morgan fingerprint density at radius 2 is 0.541 bits per heavy atom. The van der Waals surface area contributed by atoms with Crippen LogP contribution in [0.15, 0.2) is 122 Å². The van der Waals surface area contributed by atoms with E-state index in [0.717, 1.165) is 154 Å². The molecule has 0 heterocycles. The van der Waals surface area contributed by atoms with Crippen molar-refractivity contribution in [2.24, 2.45) is 0 Å². The van der Waals surface area contributed by atoms with Crippen LogP contribution in [-0.2, 0) is 65.4 Å². The van der Waals surface area contributed by atoms with Crippen molar-refractivity contribution in [1.29, 1.82) is 0 Å². The van der Waals surface area contributed by atoms with E-state index in [0.29, 0.717) is 32.1 Å². The van der Waals surface area contributed by atoms with Crippen molar-refractivity contribution < 1.29 is 80.2 Å². The van der Waals surface area contributed by atoms with Crippen LogP contribution in [0, 0.1) is 0 Å². The van der Waals surface area contributed by atoms with Crippen LogP contribution in [0.25, 0.3) is 0 Å². The lowest BCUT2D eigenvalue weighted by Crippen LogP contribution is -2.30. The number of rotatable bonds is 70. The zero-order valence-corrected chi connectivity index (χ0v) is 63.0. The highest BCUT2D eigenvalue weighted by molar-refractivity contribution is 7.47. The van der Waals surface area contributed by atoms with Crippen molar-refractivity contribution in [3.05, 3.63) is 122 Å². The van der Waals surface area contributed by atoms with E-state index in [2.05, 4.69) is 137 Å². The number of aliphatic hydroxyl groups is 1. The molecule has 0 rings (SSSR count). The average molecular weight is 1420 g/mol. The fourth-order valence-corrected chi connectivity index (χ4v) is 11.3. The van der Waals surface area contributed by atoms with E-state index in [4.69, 9.17) is 37.0 Å². The van der Waals surface area contributed by atoms with Gasteiger partial charge >= 0.3 is 39.5 Å². The fourth-order valence-electron chi connectivity index (χ4n) is 9.71. The summed E-state index contributed by atoms with van der Waals surface area (Å²) in [5.74, 6) is -2.27. The van der Waals surface area contributed by atoms with Gasteiger partial charge in [0.1, 0.15) is 19.3 Å². The maximum absolute atomic E-state index is 13.1. The molecule has 0 spiro atoms. The zero-order valence-electron chi connectivity index (χ0n) is 61.2. The Hall–Kier alpha value is -4.54. The molecule has 19 heteroatoms. The predicted octanol–water partition coefficient (Wildman–Crippen LogP) is 21.6. The van der Waals surface area contributed by atoms with Crippen LogP contribution in [0.5, 0.6) is 0 Å². The molecular weight excluding hydrogens is 1280 g/mol. The Morgan fingerprint density at radius 1 is 0.296 bits per heavy atom. The molecule has 562 valence electrons. The normalized spacial score (nSPS) is 14.6. The standard InChI is InChI=1S/C79H134O17P2/c1-5-9-13-17-21-25-29-32-35-36-39-41-45-48-52-56-60-64-77(82)90-70-75(96-79(84)66-62-58-54-50-46-42-38-34-31-27-23-19-15-11-7-3)72-94-98(87,88)92-68-73(80)67-91-97(85,86)93-71-74(95-78(83)65-61-57-53-49-43-28-24-20-16-12-8-4)69-89-76(81)63-59-55-51-47-44-40-37-33-30-26-22-18-14-10-6-2/h9-10,13-14,21-23,25-27,32-35,37-39,41,48,52,73-75,80H,5-8,11-12,15-20,24,28-31,36,40,42-47,49-51,53-72H2,1-4H3,(H,85,86)(H,87,88)/b13-9-,14-10-,25-21-,26-22-,27-23-,35-32-,37-33-,38-34-,41-39-,52-48-. The molecule has 0 aliphatic rings. The number of phosphoric ester groups is 2. The van der Waals surface area contributed by atoms with Crippen LogP contribution < -0.4 is 0 Å². The molecule has 0 amide bonds. The number of esters is 4. The molecule has 98 heavy (non-hydrogen) atoms. The number of ether oxygens (including phenoxy) is 4. The van der Waals surface area contributed by atoms with E-state index in [-0.39, 0.29) is 25.7 Å². The molecular formula is C79H134O17P2. The highest BCUT2D eigenvalue weighted by Gasteiger charge is 2.30. The van der Waals surface area contributed by atoms with E-state index < -0.39 is 97.5 Å². The van der Waals surface area contributed by atoms with Crippen molar-refractivity contribution >= 4 is 39.5 Å². The van der Waals surface area contributed by atoms with Gasteiger partial charge in [-0.1, -0.05) is 265 Å². The molecule has 0 saturated carbocycles. The Bertz CT molecular complexity index is 2340. The summed E-state index contributed by atoms with van der Waals surface area (Å²) in [5, 5.41) is 10.6. The number of hydrogen-bond donors (Lipinski definition) is 3. The number of hydrogen-bond acceptors (Lipinski definition) is 15. The second kappa shape index (κ2) is 70.9. The van der Waals surface area contributed by atoms with Crippen molar-refractivity contribution in [2.45, 2.75) is 316 Å². The minimum Gasteiger partial charge on any atom is -0.462 e. The lowest BCUT2D eigenvalue weighted by atomic mass is 10.1. The van der Waals surface area contributed by atoms with Gasteiger partial charge in [-0.25, -0.2) is 9.13 Å². The molecule has 0 aromatic carbocycles. The first kappa shape index (κ1) is 93.5. The average Bonchev–Trinajstić information content (AvgIpc) is 0.986. The summed E-state index contributed by atoms with van der Waals surface area (Å²) in [7, 11) is -9.97. The number of aliphatic hydroxyl groups excluding tert-OH is 1. The van der Waals surface area contributed by atoms with Crippen molar-refractivity contribution in [3.8, 4) is 0 Å². The van der Waals surface area contributed by atoms with Gasteiger partial charge in [-0.15, -0.1) is 0 Å². The third kappa shape index (κ3) is 69.9. The van der Waals surface area contributed by atoms with Gasteiger partial charge in [0.05, 0.1) is 26.4 Å². The van der Waals surface area contributed by atoms with Crippen LogP contribution >= 0.6 is 15.6 Å². The van der Waals surface area contributed by atoms with Gasteiger partial charge in [-0.3, -0.25) is 37.3 Å². The largest absolute Gasteiger partial charge is 0.472 e. The SMILES string of the molecule is CC/C=C\C/C=C\C/C=C\C/C=C\C/C=C\CCCC(=O)OCC(COP(=O)(O)OCC(O)COP(=O)(O)OCC(COC(=O)CCCCCCC/C=C\C/C=C\C/C=C\CC)OC(=O)CCCCCCCCCCCCC)OC(=O)CCCCCCC/C=C\C/C=C\CCCCC. The summed E-state index contributed by atoms with van der Waals surface area (Å²) in [4.78, 5) is 72.8. The lowest BCUT2D eigenvalue weighted by Gasteiger charge is -2.21. The highest BCUT2D eigenvalue weighted by Crippen LogP contribution is 2.45. The molecule has 17 nitrogen and oxygen atoms in total. The lowest BCUT2D eigenvalue weighted by molar-refractivity contribution is -0.161. The molecule has 5 atom stereocenters. The Morgan fingerprint density at radius 3 is 0.878 bits per heavy atom. The van der Waals surface area contributed by atoms with E-state index in [1.54, 1.807) is 0 Å². The first-order valence-corrected chi connectivity index (χ1v) is 40.8. The van der Waals surface area contributed by atoms with Gasteiger partial charge in [0.25, 0.3) is 0 Å². The predicted molar refractivity (Wildman–Crippen MR) is 399 cm³/mol. The Balaban J connectivity index is 5.40.